The summed E-state index contributed by atoms with van der Waals surface area (Å²) in [7, 11) is 0. The van der Waals surface area contributed by atoms with Gasteiger partial charge in [-0.25, -0.2) is 0 Å². The Labute approximate surface area is 245 Å². The molecule has 3 rings (SSSR count). The molecule has 0 aromatic heterocycles. The Bertz CT molecular complexity index is 1040. The lowest BCUT2D eigenvalue weighted by Gasteiger charge is -2.48. The largest absolute Gasteiger partial charge is 0.385 e. The number of allylic oxidation sites excluding steroid dienone is 6. The van der Waals surface area contributed by atoms with E-state index < -0.39 is 22.2 Å². The Morgan fingerprint density at radius 1 is 0.550 bits per heavy atom. The molecule has 0 heterocycles. The molecule has 0 aliphatic heterocycles. The van der Waals surface area contributed by atoms with Crippen molar-refractivity contribution in [1.82, 2.24) is 0 Å². The van der Waals surface area contributed by atoms with E-state index in [1.54, 1.807) is 0 Å². The SMILES string of the molecule is CCCC(C1=CCC(C)(O)C(C(C)(C)C)=C1)(C1=CCC(C)(O)C(C(C)(C)C)=C1)C1=CCC(C)(O)C(C(C)(C)C)=C1. The molecule has 0 fully saturated rings. The van der Waals surface area contributed by atoms with E-state index in [9.17, 15) is 15.3 Å². The second kappa shape index (κ2) is 10.2. The van der Waals surface area contributed by atoms with Crippen LogP contribution in [0.4, 0.5) is 0 Å². The summed E-state index contributed by atoms with van der Waals surface area (Å²) in [6.07, 6.45) is 17.1. The van der Waals surface area contributed by atoms with Crippen molar-refractivity contribution < 1.29 is 15.3 Å². The fourth-order valence-corrected chi connectivity index (χ4v) is 7.64. The summed E-state index contributed by atoms with van der Waals surface area (Å²) in [6.45, 7) is 27.7. The average Bonchev–Trinajstić information content (AvgIpc) is 2.75. The van der Waals surface area contributed by atoms with E-state index in [0.29, 0.717) is 19.3 Å². The summed E-state index contributed by atoms with van der Waals surface area (Å²) in [5, 5.41) is 34.5. The van der Waals surface area contributed by atoms with E-state index in [1.165, 1.54) is 16.7 Å². The summed E-state index contributed by atoms with van der Waals surface area (Å²) in [4.78, 5) is 0. The van der Waals surface area contributed by atoms with Gasteiger partial charge in [-0.1, -0.05) is 112 Å². The predicted octanol–water partition coefficient (Wildman–Crippen LogP) is 8.93. The lowest BCUT2D eigenvalue weighted by molar-refractivity contribution is 0.0776. The first-order chi connectivity index (χ1) is 17.9. The fourth-order valence-electron chi connectivity index (χ4n) is 7.64. The third-order valence-corrected chi connectivity index (χ3v) is 9.33. The molecule has 0 spiro atoms. The molecule has 3 unspecified atom stereocenters. The van der Waals surface area contributed by atoms with Gasteiger partial charge in [0.15, 0.2) is 0 Å². The molecule has 3 heteroatoms. The van der Waals surface area contributed by atoms with E-state index in [1.807, 2.05) is 20.8 Å². The molecular weight excluding hydrogens is 492 g/mol. The van der Waals surface area contributed by atoms with Crippen molar-refractivity contribution in [2.24, 2.45) is 21.7 Å². The van der Waals surface area contributed by atoms with Crippen molar-refractivity contribution in [3.63, 3.8) is 0 Å². The average molecular weight is 551 g/mol. The standard InChI is InChI=1S/C37H58O3/c1-14-18-37(25-15-19-34(11,38)28(22-25)31(2,3)4,26-16-20-35(12,39)29(23-26)32(5,6)7)27-17-21-36(13,40)30(24-27)33(8,9)10/h15-17,22-24,38-40H,14,18-21H2,1-13H3. The Kier molecular flexibility index (Phi) is 8.41. The first-order valence-electron chi connectivity index (χ1n) is 15.4. The smallest absolute Gasteiger partial charge is 0.0871 e. The lowest BCUT2D eigenvalue weighted by Crippen LogP contribution is -2.41. The van der Waals surface area contributed by atoms with Gasteiger partial charge in [-0.2, -0.15) is 0 Å². The van der Waals surface area contributed by atoms with E-state index in [4.69, 9.17) is 0 Å². The van der Waals surface area contributed by atoms with Crippen molar-refractivity contribution >= 4 is 0 Å². The van der Waals surface area contributed by atoms with Crippen LogP contribution in [0.3, 0.4) is 0 Å². The first-order valence-corrected chi connectivity index (χ1v) is 15.4. The zero-order chi connectivity index (χ0) is 30.7. The second-order valence-electron chi connectivity index (χ2n) is 16.5. The Morgan fingerprint density at radius 2 is 0.800 bits per heavy atom. The molecule has 3 atom stereocenters. The van der Waals surface area contributed by atoms with Gasteiger partial charge in [-0.15, -0.1) is 0 Å². The minimum Gasteiger partial charge on any atom is -0.385 e. The third-order valence-electron chi connectivity index (χ3n) is 9.33. The van der Waals surface area contributed by atoms with E-state index in [-0.39, 0.29) is 16.2 Å². The summed E-state index contributed by atoms with van der Waals surface area (Å²) < 4.78 is 0. The van der Waals surface area contributed by atoms with Crippen LogP contribution in [0, 0.1) is 21.7 Å². The van der Waals surface area contributed by atoms with Gasteiger partial charge in [0.2, 0.25) is 0 Å². The van der Waals surface area contributed by atoms with Gasteiger partial charge >= 0.3 is 0 Å². The highest BCUT2D eigenvalue weighted by atomic mass is 16.3. The zero-order valence-electron chi connectivity index (χ0n) is 27.8. The quantitative estimate of drug-likeness (QED) is 0.320. The highest BCUT2D eigenvalue weighted by Crippen LogP contribution is 2.57. The third kappa shape index (κ3) is 6.08. The summed E-state index contributed by atoms with van der Waals surface area (Å²) in [6, 6.07) is 0. The number of aliphatic hydroxyl groups is 3. The van der Waals surface area contributed by atoms with Gasteiger partial charge in [-0.05, 0) is 96.1 Å². The lowest BCUT2D eigenvalue weighted by atomic mass is 9.57. The summed E-state index contributed by atoms with van der Waals surface area (Å²) >= 11 is 0. The van der Waals surface area contributed by atoms with Crippen molar-refractivity contribution in [1.29, 1.82) is 0 Å². The van der Waals surface area contributed by atoms with Crippen LogP contribution in [-0.2, 0) is 0 Å². The van der Waals surface area contributed by atoms with Gasteiger partial charge in [0.1, 0.15) is 0 Å². The molecule has 3 nitrogen and oxygen atoms in total. The predicted molar refractivity (Wildman–Crippen MR) is 170 cm³/mol. The molecule has 3 aliphatic carbocycles. The minimum atomic E-state index is -0.909. The molecule has 0 radical (unpaired) electrons. The molecule has 3 aliphatic rings. The summed E-state index contributed by atoms with van der Waals surface area (Å²) in [5.74, 6) is 0. The van der Waals surface area contributed by atoms with E-state index in [2.05, 4.69) is 106 Å². The van der Waals surface area contributed by atoms with E-state index >= 15 is 0 Å². The van der Waals surface area contributed by atoms with Crippen LogP contribution >= 0.6 is 0 Å². The van der Waals surface area contributed by atoms with Crippen LogP contribution in [-0.4, -0.2) is 32.1 Å². The molecule has 0 aromatic rings. The molecular formula is C37H58O3. The van der Waals surface area contributed by atoms with Crippen molar-refractivity contribution in [3.8, 4) is 0 Å². The Morgan fingerprint density at radius 3 is 1.00 bits per heavy atom. The van der Waals surface area contributed by atoms with Gasteiger partial charge < -0.3 is 15.3 Å². The van der Waals surface area contributed by atoms with Crippen LogP contribution in [0.1, 0.15) is 122 Å². The number of hydrogen-bond donors (Lipinski definition) is 3. The Hall–Kier alpha value is -1.68. The number of rotatable bonds is 5. The molecule has 0 aromatic carbocycles. The van der Waals surface area contributed by atoms with Crippen molar-refractivity contribution in [2.75, 3.05) is 0 Å². The van der Waals surface area contributed by atoms with Crippen LogP contribution < -0.4 is 0 Å². The maximum absolute atomic E-state index is 11.5. The maximum Gasteiger partial charge on any atom is 0.0871 e. The van der Waals surface area contributed by atoms with Crippen molar-refractivity contribution in [3.05, 3.63) is 69.9 Å². The molecule has 3 N–H and O–H groups in total. The van der Waals surface area contributed by atoms with Gasteiger partial charge in [-0.3, -0.25) is 0 Å². The topological polar surface area (TPSA) is 60.7 Å². The van der Waals surface area contributed by atoms with Crippen LogP contribution in [0.15, 0.2) is 69.9 Å². The molecule has 224 valence electrons. The molecule has 0 amide bonds. The molecule has 0 saturated heterocycles. The van der Waals surface area contributed by atoms with Gasteiger partial charge in [0, 0.05) is 5.41 Å². The Balaban J connectivity index is 2.44. The summed E-state index contributed by atoms with van der Waals surface area (Å²) in [5.41, 5.74) is 2.97. The maximum atomic E-state index is 11.5. The minimum absolute atomic E-state index is 0.199. The van der Waals surface area contributed by atoms with Crippen LogP contribution in [0.2, 0.25) is 0 Å². The van der Waals surface area contributed by atoms with Crippen LogP contribution in [0.5, 0.6) is 0 Å². The molecule has 0 bridgehead atoms. The second-order valence-corrected chi connectivity index (χ2v) is 16.5. The highest BCUT2D eigenvalue weighted by molar-refractivity contribution is 5.60. The fraction of sp³-hybridized carbons (Fsp3) is 0.676. The monoisotopic (exact) mass is 550 g/mol. The van der Waals surface area contributed by atoms with Gasteiger partial charge in [0.05, 0.1) is 16.8 Å². The van der Waals surface area contributed by atoms with Crippen molar-refractivity contribution in [2.45, 2.75) is 139 Å². The normalized spacial score (nSPS) is 31.8. The van der Waals surface area contributed by atoms with Gasteiger partial charge in [0.25, 0.3) is 0 Å². The zero-order valence-corrected chi connectivity index (χ0v) is 27.8. The first kappa shape index (κ1) is 32.8. The number of hydrogen-bond acceptors (Lipinski definition) is 3. The van der Waals surface area contributed by atoms with E-state index in [0.717, 1.165) is 29.6 Å². The highest BCUT2D eigenvalue weighted by Gasteiger charge is 2.48. The molecule has 0 saturated carbocycles. The van der Waals surface area contributed by atoms with Crippen LogP contribution in [0.25, 0.3) is 0 Å². The molecule has 40 heavy (non-hydrogen) atoms.